The van der Waals surface area contributed by atoms with Crippen molar-refractivity contribution < 1.29 is 9.90 Å². The Morgan fingerprint density at radius 1 is 1.44 bits per heavy atom. The van der Waals surface area contributed by atoms with Crippen molar-refractivity contribution in [1.82, 2.24) is 0 Å². The molecule has 0 spiro atoms. The molecule has 1 aromatic rings. The Morgan fingerprint density at radius 3 is 2.67 bits per heavy atom. The van der Waals surface area contributed by atoms with Gasteiger partial charge in [0.25, 0.3) is 0 Å². The summed E-state index contributed by atoms with van der Waals surface area (Å²) in [6, 6.07) is 5.30. The average Bonchev–Trinajstić information content (AvgIpc) is 2.27. The third-order valence-electron chi connectivity index (χ3n) is 2.33. The molecule has 0 radical (unpaired) electrons. The lowest BCUT2D eigenvalue weighted by atomic mass is 10.2. The van der Waals surface area contributed by atoms with Crippen LogP contribution in [0.3, 0.4) is 0 Å². The molecule has 1 N–H and O–H groups in total. The van der Waals surface area contributed by atoms with Crippen LogP contribution in [0.5, 0.6) is 0 Å². The summed E-state index contributed by atoms with van der Waals surface area (Å²) in [6.45, 7) is 6.63. The van der Waals surface area contributed by atoms with Gasteiger partial charge in [0.15, 0.2) is 0 Å². The number of anilines is 1. The van der Waals surface area contributed by atoms with Gasteiger partial charge in [-0.2, -0.15) is 0 Å². The molecule has 0 atom stereocenters. The first-order chi connectivity index (χ1) is 8.41. The van der Waals surface area contributed by atoms with Crippen LogP contribution >= 0.6 is 23.2 Å². The lowest BCUT2D eigenvalue weighted by Gasteiger charge is -2.25. The van der Waals surface area contributed by atoms with Crippen molar-refractivity contribution in [3.8, 4) is 0 Å². The van der Waals surface area contributed by atoms with E-state index in [0.717, 1.165) is 11.3 Å². The van der Waals surface area contributed by atoms with E-state index in [2.05, 4.69) is 6.58 Å². The van der Waals surface area contributed by atoms with E-state index in [-0.39, 0.29) is 6.42 Å². The number of carboxylic acid groups (broad SMARTS) is 1. The molecule has 0 aromatic heterocycles. The Hall–Kier alpha value is -1.19. The maximum Gasteiger partial charge on any atom is 0.305 e. The fourth-order valence-corrected chi connectivity index (χ4v) is 1.99. The highest BCUT2D eigenvalue weighted by molar-refractivity contribution is 6.43. The van der Waals surface area contributed by atoms with Crippen LogP contribution < -0.4 is 4.90 Å². The number of aliphatic carboxylic acids is 1. The second-order valence-corrected chi connectivity index (χ2v) is 4.88. The Labute approximate surface area is 117 Å². The van der Waals surface area contributed by atoms with Gasteiger partial charge in [-0.1, -0.05) is 41.4 Å². The van der Waals surface area contributed by atoms with E-state index in [1.165, 1.54) is 0 Å². The second-order valence-electron chi connectivity index (χ2n) is 4.10. The van der Waals surface area contributed by atoms with Crippen molar-refractivity contribution in [2.75, 3.05) is 18.0 Å². The van der Waals surface area contributed by atoms with Gasteiger partial charge in [0, 0.05) is 13.1 Å². The van der Waals surface area contributed by atoms with E-state index in [0.29, 0.717) is 23.1 Å². The van der Waals surface area contributed by atoms with Gasteiger partial charge >= 0.3 is 5.97 Å². The Bertz CT molecular complexity index is 460. The molecule has 0 saturated carbocycles. The zero-order valence-electron chi connectivity index (χ0n) is 10.1. The van der Waals surface area contributed by atoms with Gasteiger partial charge in [0.2, 0.25) is 0 Å². The van der Waals surface area contributed by atoms with E-state index in [9.17, 15) is 4.79 Å². The standard InChI is InChI=1S/C13H15Cl2NO2/c1-9(2)8-16(7-6-12(17)18)11-5-3-4-10(14)13(11)15/h3-5H,1,6-8H2,2H3,(H,17,18). The third kappa shape index (κ3) is 4.24. The number of carboxylic acids is 1. The molecule has 0 saturated heterocycles. The lowest BCUT2D eigenvalue weighted by molar-refractivity contribution is -0.136. The van der Waals surface area contributed by atoms with Crippen LogP contribution in [0.1, 0.15) is 13.3 Å². The zero-order chi connectivity index (χ0) is 13.7. The molecule has 98 valence electrons. The smallest absolute Gasteiger partial charge is 0.305 e. The van der Waals surface area contributed by atoms with Crippen LogP contribution in [-0.4, -0.2) is 24.2 Å². The number of benzene rings is 1. The quantitative estimate of drug-likeness (QED) is 0.808. The monoisotopic (exact) mass is 287 g/mol. The van der Waals surface area contributed by atoms with Gasteiger partial charge in [-0.15, -0.1) is 0 Å². The molecule has 0 aliphatic heterocycles. The summed E-state index contributed by atoms with van der Waals surface area (Å²) in [5.74, 6) is -0.847. The maximum absolute atomic E-state index is 10.7. The fraction of sp³-hybridized carbons (Fsp3) is 0.308. The van der Waals surface area contributed by atoms with E-state index in [1.54, 1.807) is 12.1 Å². The molecule has 0 aliphatic carbocycles. The predicted molar refractivity (Wildman–Crippen MR) is 75.7 cm³/mol. The Kier molecular flexibility index (Phi) is 5.51. The van der Waals surface area contributed by atoms with E-state index >= 15 is 0 Å². The largest absolute Gasteiger partial charge is 0.481 e. The first-order valence-corrected chi connectivity index (χ1v) is 6.22. The van der Waals surface area contributed by atoms with E-state index in [4.69, 9.17) is 28.3 Å². The molecule has 0 fully saturated rings. The molecule has 0 aliphatic rings. The normalized spacial score (nSPS) is 10.2. The molecule has 5 heteroatoms. The lowest BCUT2D eigenvalue weighted by Crippen LogP contribution is -2.28. The third-order valence-corrected chi connectivity index (χ3v) is 3.14. The number of hydrogen-bond acceptors (Lipinski definition) is 2. The molecule has 0 amide bonds. The molecule has 3 nitrogen and oxygen atoms in total. The minimum atomic E-state index is -0.847. The molecule has 1 aromatic carbocycles. The highest BCUT2D eigenvalue weighted by Gasteiger charge is 2.13. The first-order valence-electron chi connectivity index (χ1n) is 5.47. The number of nitrogens with zero attached hydrogens (tertiary/aromatic N) is 1. The first kappa shape index (κ1) is 14.9. The van der Waals surface area contributed by atoms with Crippen LogP contribution in [-0.2, 0) is 4.79 Å². The van der Waals surface area contributed by atoms with Gasteiger partial charge in [-0.25, -0.2) is 0 Å². The van der Waals surface area contributed by atoms with Gasteiger partial charge in [0.05, 0.1) is 22.2 Å². The van der Waals surface area contributed by atoms with Crippen molar-refractivity contribution in [3.63, 3.8) is 0 Å². The van der Waals surface area contributed by atoms with Crippen molar-refractivity contribution in [2.24, 2.45) is 0 Å². The summed E-state index contributed by atoms with van der Waals surface area (Å²) in [6.07, 6.45) is 0.0378. The number of carbonyl (C=O) groups is 1. The Morgan fingerprint density at radius 2 is 2.11 bits per heavy atom. The van der Waals surface area contributed by atoms with E-state index in [1.807, 2.05) is 17.9 Å². The van der Waals surface area contributed by atoms with Gasteiger partial charge < -0.3 is 10.0 Å². The minimum absolute atomic E-state index is 0.0378. The highest BCUT2D eigenvalue weighted by atomic mass is 35.5. The molecular weight excluding hydrogens is 273 g/mol. The summed E-state index contributed by atoms with van der Waals surface area (Å²) < 4.78 is 0. The van der Waals surface area contributed by atoms with Crippen LogP contribution in [0.15, 0.2) is 30.4 Å². The molecule has 18 heavy (non-hydrogen) atoms. The van der Waals surface area contributed by atoms with Crippen LogP contribution in [0, 0.1) is 0 Å². The molecule has 0 heterocycles. The average molecular weight is 288 g/mol. The maximum atomic E-state index is 10.7. The summed E-state index contributed by atoms with van der Waals surface area (Å²) in [5, 5.41) is 9.65. The van der Waals surface area contributed by atoms with Crippen molar-refractivity contribution in [3.05, 3.63) is 40.4 Å². The van der Waals surface area contributed by atoms with Crippen molar-refractivity contribution >= 4 is 34.9 Å². The van der Waals surface area contributed by atoms with Crippen LogP contribution in [0.25, 0.3) is 0 Å². The molecular formula is C13H15Cl2NO2. The predicted octanol–water partition coefficient (Wildman–Crippen LogP) is 3.85. The SMILES string of the molecule is C=C(C)CN(CCC(=O)O)c1cccc(Cl)c1Cl. The van der Waals surface area contributed by atoms with Crippen molar-refractivity contribution in [2.45, 2.75) is 13.3 Å². The summed E-state index contributed by atoms with van der Waals surface area (Å²) >= 11 is 12.1. The Balaban J connectivity index is 2.97. The van der Waals surface area contributed by atoms with Crippen LogP contribution in [0.4, 0.5) is 5.69 Å². The summed E-state index contributed by atoms with van der Waals surface area (Å²) in [5.41, 5.74) is 1.66. The number of halogens is 2. The highest BCUT2D eigenvalue weighted by Crippen LogP contribution is 2.32. The van der Waals surface area contributed by atoms with Crippen LogP contribution in [0.2, 0.25) is 10.0 Å². The molecule has 1 rings (SSSR count). The van der Waals surface area contributed by atoms with Gasteiger partial charge in [-0.05, 0) is 19.1 Å². The molecule has 0 unspecified atom stereocenters. The van der Waals surface area contributed by atoms with E-state index < -0.39 is 5.97 Å². The second kappa shape index (κ2) is 6.66. The fourth-order valence-electron chi connectivity index (χ4n) is 1.58. The topological polar surface area (TPSA) is 40.5 Å². The minimum Gasteiger partial charge on any atom is -0.481 e. The van der Waals surface area contributed by atoms with Gasteiger partial charge in [0.1, 0.15) is 0 Å². The summed E-state index contributed by atoms with van der Waals surface area (Å²) in [4.78, 5) is 12.5. The summed E-state index contributed by atoms with van der Waals surface area (Å²) in [7, 11) is 0. The number of hydrogen-bond donors (Lipinski definition) is 1. The number of rotatable bonds is 6. The molecule has 0 bridgehead atoms. The zero-order valence-corrected chi connectivity index (χ0v) is 11.6. The van der Waals surface area contributed by atoms with Gasteiger partial charge in [-0.3, -0.25) is 4.79 Å². The van der Waals surface area contributed by atoms with Crippen molar-refractivity contribution in [1.29, 1.82) is 0 Å².